The van der Waals surface area contributed by atoms with Gasteiger partial charge in [-0.15, -0.1) is 0 Å². The number of hydrogen-bond donors (Lipinski definition) is 2. The summed E-state index contributed by atoms with van der Waals surface area (Å²) in [5, 5.41) is 11.9. The van der Waals surface area contributed by atoms with Gasteiger partial charge >= 0.3 is 12.1 Å². The van der Waals surface area contributed by atoms with Crippen LogP contribution in [0.2, 0.25) is 0 Å². The Labute approximate surface area is 154 Å². The third-order valence-corrected chi connectivity index (χ3v) is 4.67. The average Bonchev–Trinajstić information content (AvgIpc) is 3.42. The van der Waals surface area contributed by atoms with Gasteiger partial charge in [0.25, 0.3) is 0 Å². The van der Waals surface area contributed by atoms with Gasteiger partial charge in [0.1, 0.15) is 6.04 Å². The normalized spacial score (nSPS) is 20.0. The molecule has 3 atom stereocenters. The molecule has 1 amide bonds. The second-order valence-corrected chi connectivity index (χ2v) is 6.66. The Morgan fingerprint density at radius 2 is 1.81 bits per heavy atom. The van der Waals surface area contributed by atoms with Crippen molar-refractivity contribution in [2.75, 3.05) is 0 Å². The third-order valence-electron chi connectivity index (χ3n) is 4.67. The fraction of sp³-hybridized carbons (Fsp3) is 0.300. The van der Waals surface area contributed by atoms with Crippen LogP contribution in [0, 0.1) is 5.92 Å². The number of carboxylic acids is 1. The second kappa shape index (κ2) is 7.42. The van der Waals surface area contributed by atoms with E-state index in [0.717, 1.165) is 17.7 Å². The molecule has 7 heteroatoms. The van der Waals surface area contributed by atoms with Crippen LogP contribution in [-0.4, -0.2) is 23.0 Å². The van der Waals surface area contributed by atoms with Crippen molar-refractivity contribution in [3.8, 4) is 0 Å². The highest BCUT2D eigenvalue weighted by molar-refractivity contribution is 5.87. The van der Waals surface area contributed by atoms with Crippen molar-refractivity contribution in [2.24, 2.45) is 5.92 Å². The van der Waals surface area contributed by atoms with E-state index in [-0.39, 0.29) is 12.3 Å². The van der Waals surface area contributed by atoms with Crippen molar-refractivity contribution >= 4 is 11.9 Å². The van der Waals surface area contributed by atoms with Gasteiger partial charge in [0.05, 0.1) is 5.56 Å². The molecular weight excluding hydrogens is 359 g/mol. The summed E-state index contributed by atoms with van der Waals surface area (Å²) in [6.45, 7) is 0. The van der Waals surface area contributed by atoms with Crippen LogP contribution in [0.15, 0.2) is 54.6 Å². The Morgan fingerprint density at radius 1 is 1.11 bits per heavy atom. The van der Waals surface area contributed by atoms with Gasteiger partial charge in [0.15, 0.2) is 0 Å². The van der Waals surface area contributed by atoms with Crippen LogP contribution < -0.4 is 5.32 Å². The Bertz CT molecular complexity index is 836. The number of halogens is 3. The smallest absolute Gasteiger partial charge is 0.416 e. The summed E-state index contributed by atoms with van der Waals surface area (Å²) in [6, 6.07) is 12.7. The number of alkyl halides is 3. The van der Waals surface area contributed by atoms with Gasteiger partial charge in [-0.1, -0.05) is 48.5 Å². The van der Waals surface area contributed by atoms with Crippen molar-refractivity contribution in [1.29, 1.82) is 0 Å². The molecule has 27 heavy (non-hydrogen) atoms. The summed E-state index contributed by atoms with van der Waals surface area (Å²) < 4.78 is 38.5. The molecule has 0 heterocycles. The highest BCUT2D eigenvalue weighted by atomic mass is 19.4. The molecule has 3 rings (SSSR count). The van der Waals surface area contributed by atoms with Crippen molar-refractivity contribution in [3.05, 3.63) is 71.3 Å². The van der Waals surface area contributed by atoms with Crippen LogP contribution in [-0.2, 0) is 22.2 Å². The maximum absolute atomic E-state index is 12.8. The summed E-state index contributed by atoms with van der Waals surface area (Å²) in [6.07, 6.45) is -3.89. The highest BCUT2D eigenvalue weighted by Crippen LogP contribution is 2.48. The first-order valence-corrected chi connectivity index (χ1v) is 8.50. The van der Waals surface area contributed by atoms with E-state index in [1.165, 1.54) is 6.07 Å². The zero-order valence-electron chi connectivity index (χ0n) is 14.2. The van der Waals surface area contributed by atoms with E-state index in [1.54, 1.807) is 30.3 Å². The molecule has 0 aliphatic heterocycles. The Morgan fingerprint density at radius 3 is 2.44 bits per heavy atom. The Hall–Kier alpha value is -2.83. The van der Waals surface area contributed by atoms with E-state index in [4.69, 9.17) is 0 Å². The van der Waals surface area contributed by atoms with Crippen LogP contribution in [0.1, 0.15) is 29.0 Å². The van der Waals surface area contributed by atoms with Crippen LogP contribution >= 0.6 is 0 Å². The standard InChI is InChI=1S/C20H18F3NO3/c21-20(22,23)14-8-4-7-13(10-14)15-11-16(15)18(25)24-17(19(26)27)9-12-5-2-1-3-6-12/h1-8,10,15-17H,9,11H2,(H,24,25)(H,26,27). The number of carboxylic acid groups (broad SMARTS) is 1. The minimum Gasteiger partial charge on any atom is -0.480 e. The molecule has 1 fully saturated rings. The average molecular weight is 377 g/mol. The number of carbonyl (C=O) groups excluding carboxylic acids is 1. The minimum absolute atomic E-state index is 0.142. The van der Waals surface area contributed by atoms with Crippen LogP contribution in [0.4, 0.5) is 13.2 Å². The molecule has 0 spiro atoms. The lowest BCUT2D eigenvalue weighted by molar-refractivity contribution is -0.142. The van der Waals surface area contributed by atoms with Gasteiger partial charge in [-0.3, -0.25) is 4.79 Å². The van der Waals surface area contributed by atoms with E-state index in [0.29, 0.717) is 12.0 Å². The van der Waals surface area contributed by atoms with Gasteiger partial charge in [-0.2, -0.15) is 13.2 Å². The van der Waals surface area contributed by atoms with Gasteiger partial charge in [-0.25, -0.2) is 4.79 Å². The number of amides is 1. The first kappa shape index (κ1) is 18.9. The first-order chi connectivity index (χ1) is 12.8. The highest BCUT2D eigenvalue weighted by Gasteiger charge is 2.45. The van der Waals surface area contributed by atoms with Crippen molar-refractivity contribution < 1.29 is 27.9 Å². The number of aliphatic carboxylic acids is 1. The molecule has 0 radical (unpaired) electrons. The lowest BCUT2D eigenvalue weighted by Crippen LogP contribution is -2.43. The van der Waals surface area contributed by atoms with E-state index in [9.17, 15) is 27.9 Å². The molecule has 3 unspecified atom stereocenters. The topological polar surface area (TPSA) is 66.4 Å². The quantitative estimate of drug-likeness (QED) is 0.808. The number of nitrogens with one attached hydrogen (secondary N) is 1. The largest absolute Gasteiger partial charge is 0.480 e. The molecule has 0 saturated heterocycles. The Balaban J connectivity index is 1.64. The molecule has 2 N–H and O–H groups in total. The van der Waals surface area contributed by atoms with Gasteiger partial charge < -0.3 is 10.4 Å². The second-order valence-electron chi connectivity index (χ2n) is 6.66. The van der Waals surface area contributed by atoms with Crippen LogP contribution in [0.3, 0.4) is 0 Å². The summed E-state index contributed by atoms with van der Waals surface area (Å²) in [5.74, 6) is -2.42. The molecule has 0 bridgehead atoms. The lowest BCUT2D eigenvalue weighted by Gasteiger charge is -2.15. The number of rotatable bonds is 6. The summed E-state index contributed by atoms with van der Waals surface area (Å²) >= 11 is 0. The SMILES string of the molecule is O=C(O)C(Cc1ccccc1)NC(=O)C1CC1c1cccc(C(F)(F)F)c1. The predicted molar refractivity (Wildman–Crippen MR) is 92.0 cm³/mol. The third kappa shape index (κ3) is 4.67. The fourth-order valence-electron chi connectivity index (χ4n) is 3.13. The monoisotopic (exact) mass is 377 g/mol. The van der Waals surface area contributed by atoms with Crippen LogP contribution in [0.25, 0.3) is 0 Å². The molecule has 4 nitrogen and oxygen atoms in total. The fourth-order valence-corrected chi connectivity index (χ4v) is 3.13. The zero-order valence-corrected chi connectivity index (χ0v) is 14.2. The molecule has 1 aliphatic carbocycles. The number of hydrogen-bond acceptors (Lipinski definition) is 2. The summed E-state index contributed by atoms with van der Waals surface area (Å²) in [4.78, 5) is 23.8. The van der Waals surface area contributed by atoms with Gasteiger partial charge in [-0.05, 0) is 29.5 Å². The predicted octanol–water partition coefficient (Wildman–Crippen LogP) is 3.62. The van der Waals surface area contributed by atoms with E-state index < -0.39 is 35.6 Å². The lowest BCUT2D eigenvalue weighted by atomic mass is 10.0. The zero-order chi connectivity index (χ0) is 19.6. The van der Waals surface area contributed by atoms with E-state index >= 15 is 0 Å². The number of carbonyl (C=O) groups is 2. The van der Waals surface area contributed by atoms with Crippen molar-refractivity contribution in [1.82, 2.24) is 5.32 Å². The maximum atomic E-state index is 12.8. The van der Waals surface area contributed by atoms with Gasteiger partial charge in [0.2, 0.25) is 5.91 Å². The first-order valence-electron chi connectivity index (χ1n) is 8.50. The van der Waals surface area contributed by atoms with E-state index in [1.807, 2.05) is 6.07 Å². The molecule has 1 saturated carbocycles. The molecule has 1 aliphatic rings. The molecule has 0 aromatic heterocycles. The minimum atomic E-state index is -4.44. The van der Waals surface area contributed by atoms with Gasteiger partial charge in [0, 0.05) is 12.3 Å². The number of benzene rings is 2. The Kier molecular flexibility index (Phi) is 5.21. The van der Waals surface area contributed by atoms with Crippen molar-refractivity contribution in [3.63, 3.8) is 0 Å². The summed E-state index contributed by atoms with van der Waals surface area (Å²) in [5.41, 5.74) is 0.467. The molecule has 2 aromatic carbocycles. The maximum Gasteiger partial charge on any atom is 0.416 e. The van der Waals surface area contributed by atoms with Crippen LogP contribution in [0.5, 0.6) is 0 Å². The molecule has 2 aromatic rings. The summed E-state index contributed by atoms with van der Waals surface area (Å²) in [7, 11) is 0. The van der Waals surface area contributed by atoms with Crippen molar-refractivity contribution in [2.45, 2.75) is 31.0 Å². The molecule has 142 valence electrons. The molecular formula is C20H18F3NO3. The van der Waals surface area contributed by atoms with E-state index in [2.05, 4.69) is 5.32 Å².